The quantitative estimate of drug-likeness (QED) is 0.110. The van der Waals surface area contributed by atoms with Gasteiger partial charge in [-0.15, -0.1) is 4.67 Å². The van der Waals surface area contributed by atoms with Crippen molar-refractivity contribution in [2.45, 2.75) is 6.10 Å². The fraction of sp³-hybridized carbons (Fsp3) is 0.200. The Morgan fingerprint density at radius 1 is 0.487 bits per heavy atom. The topological polar surface area (TPSA) is 59.0 Å². The molecule has 204 valence electrons. The van der Waals surface area contributed by atoms with Gasteiger partial charge in [0.1, 0.15) is 17.2 Å². The maximum absolute atomic E-state index is 6.67. The minimum Gasteiger partial charge on any atom is -0.407 e. The second kappa shape index (κ2) is 12.8. The minimum atomic E-state index is -2.90. The van der Waals surface area contributed by atoms with Crippen molar-refractivity contribution in [3.63, 3.8) is 0 Å². The Labute approximate surface area is 231 Å². The standard InChI is InChI=1S/C30H35N4O4P/c1-32(2)39(33(3)4,31-38-29-24-16-9-17-25-29)34(5)30(35-26-18-10-6-11-19-26,36-27-20-12-7-13-21-27)37-28-22-14-8-15-23-28/h6-25H,1-5H3. The zero-order chi connectivity index (χ0) is 27.7. The van der Waals surface area contributed by atoms with Gasteiger partial charge < -0.3 is 19.0 Å². The number of para-hydroxylation sites is 4. The molecule has 0 saturated heterocycles. The number of hydrogen-bond acceptors (Lipinski definition) is 5. The second-order valence-corrected chi connectivity index (χ2v) is 12.4. The van der Waals surface area contributed by atoms with Gasteiger partial charge in [-0.1, -0.05) is 77.7 Å². The molecule has 0 aliphatic rings. The fourth-order valence-electron chi connectivity index (χ4n) is 4.02. The molecule has 0 amide bonds. The highest BCUT2D eigenvalue weighted by molar-refractivity contribution is 7.58. The lowest BCUT2D eigenvalue weighted by molar-refractivity contribution is -0.311. The van der Waals surface area contributed by atoms with E-state index in [4.69, 9.17) is 24.0 Å². The van der Waals surface area contributed by atoms with Gasteiger partial charge in [0.05, 0.1) is 0 Å². The Kier molecular flexibility index (Phi) is 9.28. The summed E-state index contributed by atoms with van der Waals surface area (Å²) in [5.74, 6) is 2.27. The van der Waals surface area contributed by atoms with Crippen molar-refractivity contribution in [1.29, 1.82) is 0 Å². The van der Waals surface area contributed by atoms with E-state index in [0.717, 1.165) is 0 Å². The number of rotatable bonds is 12. The number of hydrogen-bond donors (Lipinski definition) is 0. The lowest BCUT2D eigenvalue weighted by Gasteiger charge is -2.47. The molecule has 0 bridgehead atoms. The number of nitrogens with zero attached hydrogens (tertiary/aromatic N) is 4. The summed E-state index contributed by atoms with van der Waals surface area (Å²) in [6.45, 7) is 0. The first-order chi connectivity index (χ1) is 18.9. The van der Waals surface area contributed by atoms with Gasteiger partial charge in [0.2, 0.25) is 7.51 Å². The molecular formula is C30H35N4O4P. The maximum atomic E-state index is 6.67. The minimum absolute atomic E-state index is 0.552. The van der Waals surface area contributed by atoms with Gasteiger partial charge >= 0.3 is 6.10 Å². The molecule has 0 fully saturated rings. The molecule has 8 nitrogen and oxygen atoms in total. The van der Waals surface area contributed by atoms with Gasteiger partial charge in [-0.2, -0.15) is 0 Å². The number of benzene rings is 4. The van der Waals surface area contributed by atoms with E-state index in [1.54, 1.807) is 0 Å². The van der Waals surface area contributed by atoms with Crippen LogP contribution in [0, 0.1) is 0 Å². The Morgan fingerprint density at radius 2 is 0.795 bits per heavy atom. The predicted octanol–water partition coefficient (Wildman–Crippen LogP) is 6.83. The number of ether oxygens (including phenoxy) is 3. The van der Waals surface area contributed by atoms with Crippen molar-refractivity contribution in [3.05, 3.63) is 121 Å². The van der Waals surface area contributed by atoms with E-state index >= 15 is 0 Å². The molecule has 0 aliphatic heterocycles. The Hall–Kier alpha value is -3.81. The van der Waals surface area contributed by atoms with Crippen LogP contribution in [0.3, 0.4) is 0 Å². The maximum Gasteiger partial charge on any atom is 0.501 e. The summed E-state index contributed by atoms with van der Waals surface area (Å²) < 4.78 is 25.9. The first-order valence-electron chi connectivity index (χ1n) is 12.5. The van der Waals surface area contributed by atoms with Crippen molar-refractivity contribution in [2.24, 2.45) is 4.91 Å². The van der Waals surface area contributed by atoms with Crippen LogP contribution in [0.25, 0.3) is 0 Å². The molecule has 0 saturated carbocycles. The first-order valence-corrected chi connectivity index (χ1v) is 14.1. The molecule has 0 heterocycles. The van der Waals surface area contributed by atoms with E-state index in [9.17, 15) is 0 Å². The molecule has 0 N–H and O–H groups in total. The highest BCUT2D eigenvalue weighted by atomic mass is 31.2. The van der Waals surface area contributed by atoms with Crippen LogP contribution < -0.4 is 19.0 Å². The third-order valence-electron chi connectivity index (χ3n) is 5.84. The van der Waals surface area contributed by atoms with Crippen LogP contribution in [0.4, 0.5) is 0 Å². The van der Waals surface area contributed by atoms with Gasteiger partial charge in [-0.25, -0.2) is 9.34 Å². The Bertz CT molecular complexity index is 1230. The van der Waals surface area contributed by atoms with E-state index in [-0.39, 0.29) is 0 Å². The van der Waals surface area contributed by atoms with Crippen molar-refractivity contribution in [2.75, 3.05) is 35.2 Å². The largest absolute Gasteiger partial charge is 0.501 e. The highest BCUT2D eigenvalue weighted by Crippen LogP contribution is 2.59. The zero-order valence-corrected chi connectivity index (χ0v) is 23.8. The molecule has 4 aromatic carbocycles. The summed E-state index contributed by atoms with van der Waals surface area (Å²) in [5, 5.41) is 0. The molecular weight excluding hydrogens is 511 g/mol. The average molecular weight is 547 g/mol. The molecule has 0 spiro atoms. The van der Waals surface area contributed by atoms with Gasteiger partial charge in [0, 0.05) is 7.05 Å². The lowest BCUT2D eigenvalue weighted by Crippen LogP contribution is -2.61. The smallest absolute Gasteiger partial charge is 0.407 e. The predicted molar refractivity (Wildman–Crippen MR) is 155 cm³/mol. The normalized spacial score (nSPS) is 11.9. The molecule has 0 unspecified atom stereocenters. The highest BCUT2D eigenvalue weighted by Gasteiger charge is 2.54. The first kappa shape index (κ1) is 28.2. The summed E-state index contributed by atoms with van der Waals surface area (Å²) in [6.07, 6.45) is -1.81. The molecule has 9 heteroatoms. The lowest BCUT2D eigenvalue weighted by atomic mass is 10.3. The Balaban J connectivity index is 1.93. The van der Waals surface area contributed by atoms with E-state index in [2.05, 4.69) is 0 Å². The van der Waals surface area contributed by atoms with Crippen molar-refractivity contribution < 1.29 is 19.0 Å². The van der Waals surface area contributed by atoms with Crippen LogP contribution in [0.1, 0.15) is 0 Å². The van der Waals surface area contributed by atoms with Gasteiger partial charge in [0.15, 0.2) is 5.75 Å². The third-order valence-corrected chi connectivity index (χ3v) is 9.34. The van der Waals surface area contributed by atoms with Gasteiger partial charge in [0.25, 0.3) is 0 Å². The van der Waals surface area contributed by atoms with Gasteiger partial charge in [-0.05, 0) is 76.7 Å². The van der Waals surface area contributed by atoms with E-state index in [1.165, 1.54) is 0 Å². The van der Waals surface area contributed by atoms with Crippen molar-refractivity contribution in [1.82, 2.24) is 14.0 Å². The molecule has 0 aliphatic carbocycles. The van der Waals surface area contributed by atoms with E-state index in [0.29, 0.717) is 23.0 Å². The molecule has 39 heavy (non-hydrogen) atoms. The molecule has 4 aromatic rings. The fourth-order valence-corrected chi connectivity index (χ4v) is 6.86. The Morgan fingerprint density at radius 3 is 1.10 bits per heavy atom. The molecule has 4 rings (SSSR count). The summed E-state index contributed by atoms with van der Waals surface area (Å²) in [7, 11) is 6.74. The molecule has 0 atom stereocenters. The SMILES string of the molecule is CN(C)P(=NOc1ccccc1)(N(C)C)N(C)C(Oc1ccccc1)(Oc1ccccc1)Oc1ccccc1. The zero-order valence-electron chi connectivity index (χ0n) is 22.9. The van der Waals surface area contributed by atoms with Crippen LogP contribution in [-0.4, -0.2) is 55.3 Å². The van der Waals surface area contributed by atoms with E-state index < -0.39 is 13.6 Å². The van der Waals surface area contributed by atoms with Crippen LogP contribution >= 0.6 is 7.51 Å². The third kappa shape index (κ3) is 6.61. The summed E-state index contributed by atoms with van der Waals surface area (Å²) in [4.78, 5) is 10.9. The van der Waals surface area contributed by atoms with Crippen LogP contribution in [-0.2, 0) is 0 Å². The van der Waals surface area contributed by atoms with Crippen LogP contribution in [0.15, 0.2) is 126 Å². The summed E-state index contributed by atoms with van der Waals surface area (Å²) in [5.41, 5.74) is 0. The van der Waals surface area contributed by atoms with Crippen LogP contribution in [0.5, 0.6) is 23.0 Å². The van der Waals surface area contributed by atoms with E-state index in [1.807, 2.05) is 171 Å². The van der Waals surface area contributed by atoms with Crippen molar-refractivity contribution in [3.8, 4) is 23.0 Å². The second-order valence-electron chi connectivity index (χ2n) is 9.01. The summed E-state index contributed by atoms with van der Waals surface area (Å²) >= 11 is 0. The average Bonchev–Trinajstić information content (AvgIpc) is 2.95. The molecule has 0 aromatic heterocycles. The van der Waals surface area contributed by atoms with Gasteiger partial charge in [-0.3, -0.25) is 0 Å². The monoisotopic (exact) mass is 546 g/mol. The van der Waals surface area contributed by atoms with Crippen LogP contribution in [0.2, 0.25) is 0 Å². The summed E-state index contributed by atoms with van der Waals surface area (Å²) in [6, 6.07) is 37.7. The molecule has 0 radical (unpaired) electrons. The van der Waals surface area contributed by atoms with Crippen molar-refractivity contribution >= 4 is 7.51 Å².